The van der Waals surface area contributed by atoms with Crippen LogP contribution in [0.2, 0.25) is 0 Å². The van der Waals surface area contributed by atoms with Crippen molar-refractivity contribution >= 4 is 0 Å². The summed E-state index contributed by atoms with van der Waals surface area (Å²) in [6, 6.07) is 0. The van der Waals surface area contributed by atoms with Gasteiger partial charge in [-0.15, -0.1) is 0 Å². The van der Waals surface area contributed by atoms with Crippen LogP contribution in [0.15, 0.2) is 0 Å². The highest BCUT2D eigenvalue weighted by Crippen LogP contribution is 2.07. The molecule has 86 valence electrons. The predicted octanol–water partition coefficient (Wildman–Crippen LogP) is 0.824. The molecule has 0 aliphatic heterocycles. The van der Waals surface area contributed by atoms with E-state index in [0.29, 0.717) is 30.8 Å². The average molecular weight is 202 g/mol. The van der Waals surface area contributed by atoms with Gasteiger partial charge in [-0.2, -0.15) is 0 Å². The first-order chi connectivity index (χ1) is 6.49. The number of hydrogen-bond donors (Lipinski definition) is 3. The van der Waals surface area contributed by atoms with Crippen LogP contribution >= 0.6 is 0 Å². The van der Waals surface area contributed by atoms with E-state index in [1.54, 1.807) is 0 Å². The van der Waals surface area contributed by atoms with E-state index >= 15 is 0 Å². The second-order valence-electron chi connectivity index (χ2n) is 4.71. The Bertz CT molecular complexity index is 137. The van der Waals surface area contributed by atoms with Crippen LogP contribution in [0.4, 0.5) is 0 Å². The predicted molar refractivity (Wildman–Crippen MR) is 61.1 cm³/mol. The maximum absolute atomic E-state index is 9.56. The Morgan fingerprint density at radius 2 is 1.64 bits per heavy atom. The second-order valence-corrected chi connectivity index (χ2v) is 4.71. The molecule has 14 heavy (non-hydrogen) atoms. The van der Waals surface area contributed by atoms with Crippen LogP contribution in [-0.4, -0.2) is 30.8 Å². The molecule has 0 aliphatic rings. The summed E-state index contributed by atoms with van der Waals surface area (Å²) < 4.78 is 0. The minimum Gasteiger partial charge on any atom is -0.392 e. The van der Waals surface area contributed by atoms with Crippen molar-refractivity contribution in [2.24, 2.45) is 23.5 Å². The van der Waals surface area contributed by atoms with Crippen molar-refractivity contribution in [2.75, 3.05) is 19.6 Å². The molecule has 0 fully saturated rings. The van der Waals surface area contributed by atoms with E-state index in [0.717, 1.165) is 6.54 Å². The molecule has 0 aromatic heterocycles. The number of hydrogen-bond acceptors (Lipinski definition) is 3. The molecular weight excluding hydrogens is 176 g/mol. The molecule has 0 radical (unpaired) electrons. The molecule has 0 heterocycles. The van der Waals surface area contributed by atoms with E-state index in [-0.39, 0.29) is 6.10 Å². The molecule has 2 unspecified atom stereocenters. The van der Waals surface area contributed by atoms with Crippen molar-refractivity contribution in [3.05, 3.63) is 0 Å². The first kappa shape index (κ1) is 13.9. The fourth-order valence-corrected chi connectivity index (χ4v) is 1.24. The standard InChI is InChI=1S/C11H26N2O/c1-8(2)10(5-12)6-13-7-11(14)9(3)4/h8-11,13-14H,5-7,12H2,1-4H3. The molecule has 0 bridgehead atoms. The third kappa shape index (κ3) is 5.58. The Morgan fingerprint density at radius 1 is 1.07 bits per heavy atom. The Morgan fingerprint density at radius 3 is 2.00 bits per heavy atom. The van der Waals surface area contributed by atoms with Crippen LogP contribution in [-0.2, 0) is 0 Å². The lowest BCUT2D eigenvalue weighted by Gasteiger charge is -2.21. The maximum Gasteiger partial charge on any atom is 0.0687 e. The third-order valence-corrected chi connectivity index (χ3v) is 2.78. The molecule has 2 atom stereocenters. The number of rotatable bonds is 7. The van der Waals surface area contributed by atoms with E-state index in [2.05, 4.69) is 19.2 Å². The highest BCUT2D eigenvalue weighted by Gasteiger charge is 2.13. The smallest absolute Gasteiger partial charge is 0.0687 e. The number of aliphatic hydroxyl groups excluding tert-OH is 1. The minimum absolute atomic E-state index is 0.249. The van der Waals surface area contributed by atoms with Gasteiger partial charge in [-0.3, -0.25) is 0 Å². The maximum atomic E-state index is 9.56. The van der Waals surface area contributed by atoms with Gasteiger partial charge in [0, 0.05) is 6.54 Å². The van der Waals surface area contributed by atoms with Crippen molar-refractivity contribution in [1.29, 1.82) is 0 Å². The highest BCUT2D eigenvalue weighted by atomic mass is 16.3. The summed E-state index contributed by atoms with van der Waals surface area (Å²) in [5.41, 5.74) is 5.65. The first-order valence-electron chi connectivity index (χ1n) is 5.57. The van der Waals surface area contributed by atoms with E-state index in [9.17, 15) is 5.11 Å². The fraction of sp³-hybridized carbons (Fsp3) is 1.00. The van der Waals surface area contributed by atoms with Gasteiger partial charge in [-0.1, -0.05) is 27.7 Å². The summed E-state index contributed by atoms with van der Waals surface area (Å²) in [6.07, 6.45) is -0.249. The van der Waals surface area contributed by atoms with Crippen LogP contribution in [0.1, 0.15) is 27.7 Å². The summed E-state index contributed by atoms with van der Waals surface area (Å²) in [4.78, 5) is 0. The van der Waals surface area contributed by atoms with E-state index in [4.69, 9.17) is 5.73 Å². The Hall–Kier alpha value is -0.120. The first-order valence-corrected chi connectivity index (χ1v) is 5.57. The van der Waals surface area contributed by atoms with Gasteiger partial charge < -0.3 is 16.2 Å². The molecule has 0 saturated carbocycles. The highest BCUT2D eigenvalue weighted by molar-refractivity contribution is 4.69. The fourth-order valence-electron chi connectivity index (χ4n) is 1.24. The minimum atomic E-state index is -0.249. The van der Waals surface area contributed by atoms with E-state index in [1.165, 1.54) is 0 Å². The van der Waals surface area contributed by atoms with Gasteiger partial charge in [-0.05, 0) is 30.8 Å². The normalized spacial score (nSPS) is 16.3. The summed E-state index contributed by atoms with van der Waals surface area (Å²) in [5.74, 6) is 1.43. The quantitative estimate of drug-likeness (QED) is 0.573. The van der Waals surface area contributed by atoms with Gasteiger partial charge in [0.1, 0.15) is 0 Å². The van der Waals surface area contributed by atoms with Gasteiger partial charge >= 0.3 is 0 Å². The van der Waals surface area contributed by atoms with Crippen LogP contribution in [0, 0.1) is 17.8 Å². The summed E-state index contributed by atoms with van der Waals surface area (Å²) in [7, 11) is 0. The monoisotopic (exact) mass is 202 g/mol. The second kappa shape index (κ2) is 7.21. The molecule has 0 aromatic rings. The van der Waals surface area contributed by atoms with Crippen molar-refractivity contribution < 1.29 is 5.11 Å². The van der Waals surface area contributed by atoms with Crippen LogP contribution < -0.4 is 11.1 Å². The topological polar surface area (TPSA) is 58.3 Å². The Balaban J connectivity index is 3.61. The largest absolute Gasteiger partial charge is 0.392 e. The third-order valence-electron chi connectivity index (χ3n) is 2.78. The molecule has 0 rings (SSSR count). The van der Waals surface area contributed by atoms with Gasteiger partial charge in [0.15, 0.2) is 0 Å². The molecule has 0 saturated heterocycles. The van der Waals surface area contributed by atoms with Crippen LogP contribution in [0.25, 0.3) is 0 Å². The van der Waals surface area contributed by atoms with Gasteiger partial charge in [-0.25, -0.2) is 0 Å². The zero-order valence-electron chi connectivity index (χ0n) is 9.96. The zero-order valence-corrected chi connectivity index (χ0v) is 9.96. The van der Waals surface area contributed by atoms with E-state index in [1.807, 2.05) is 13.8 Å². The van der Waals surface area contributed by atoms with Crippen LogP contribution in [0.3, 0.4) is 0 Å². The SMILES string of the molecule is CC(C)C(O)CNCC(CN)C(C)C. The lowest BCUT2D eigenvalue weighted by Crippen LogP contribution is -2.37. The van der Waals surface area contributed by atoms with E-state index < -0.39 is 0 Å². The van der Waals surface area contributed by atoms with Crippen molar-refractivity contribution in [2.45, 2.75) is 33.8 Å². The molecular formula is C11H26N2O. The Kier molecular flexibility index (Phi) is 7.15. The van der Waals surface area contributed by atoms with Gasteiger partial charge in [0.25, 0.3) is 0 Å². The number of nitrogens with one attached hydrogen (secondary N) is 1. The van der Waals surface area contributed by atoms with Gasteiger partial charge in [0.05, 0.1) is 6.10 Å². The number of aliphatic hydroxyl groups is 1. The molecule has 4 N–H and O–H groups in total. The summed E-state index contributed by atoms with van der Waals surface area (Å²) in [5, 5.41) is 12.8. The lowest BCUT2D eigenvalue weighted by molar-refractivity contribution is 0.121. The molecule has 0 aromatic carbocycles. The summed E-state index contributed by atoms with van der Waals surface area (Å²) >= 11 is 0. The Labute approximate surface area is 88.1 Å². The van der Waals surface area contributed by atoms with Crippen molar-refractivity contribution in [3.63, 3.8) is 0 Å². The molecule has 0 spiro atoms. The lowest BCUT2D eigenvalue weighted by atomic mass is 9.96. The molecule has 3 heteroatoms. The van der Waals surface area contributed by atoms with Gasteiger partial charge in [0.2, 0.25) is 0 Å². The number of nitrogens with two attached hydrogens (primary N) is 1. The summed E-state index contributed by atoms with van der Waals surface area (Å²) in [6.45, 7) is 10.7. The molecule has 0 aliphatic carbocycles. The zero-order chi connectivity index (χ0) is 11.1. The van der Waals surface area contributed by atoms with Crippen LogP contribution in [0.5, 0.6) is 0 Å². The molecule has 0 amide bonds. The van der Waals surface area contributed by atoms with Crippen molar-refractivity contribution in [3.8, 4) is 0 Å². The average Bonchev–Trinajstić information content (AvgIpc) is 2.11. The van der Waals surface area contributed by atoms with Crippen molar-refractivity contribution in [1.82, 2.24) is 5.32 Å². The molecule has 3 nitrogen and oxygen atoms in total.